The lowest BCUT2D eigenvalue weighted by Crippen LogP contribution is -2.20. The van der Waals surface area contributed by atoms with Crippen LogP contribution in [0, 0.1) is 5.82 Å². The fourth-order valence-corrected chi connectivity index (χ4v) is 1.95. The van der Waals surface area contributed by atoms with Gasteiger partial charge in [0.2, 0.25) is 0 Å². The van der Waals surface area contributed by atoms with E-state index < -0.39 is 0 Å². The summed E-state index contributed by atoms with van der Waals surface area (Å²) in [7, 11) is 0. The third-order valence-corrected chi connectivity index (χ3v) is 2.61. The maximum absolute atomic E-state index is 13.1. The lowest BCUT2D eigenvalue weighted by atomic mass is 10.2. The van der Waals surface area contributed by atoms with Gasteiger partial charge in [0, 0.05) is 25.1 Å². The van der Waals surface area contributed by atoms with Crippen molar-refractivity contribution >= 4 is 11.0 Å². The number of hydrogen-bond donors (Lipinski definition) is 1. The Balaban J connectivity index is 2.56. The molecular weight excluding hydrogens is 205 g/mol. The summed E-state index contributed by atoms with van der Waals surface area (Å²) in [4.78, 5) is 4.43. The second kappa shape index (κ2) is 4.22. The van der Waals surface area contributed by atoms with Gasteiger partial charge in [-0.15, -0.1) is 0 Å². The minimum atomic E-state index is -0.249. The van der Waals surface area contributed by atoms with Crippen molar-refractivity contribution in [2.45, 2.75) is 32.9 Å². The van der Waals surface area contributed by atoms with E-state index in [0.717, 1.165) is 17.9 Å². The van der Waals surface area contributed by atoms with Gasteiger partial charge in [-0.3, -0.25) is 0 Å². The van der Waals surface area contributed by atoms with Gasteiger partial charge in [0.15, 0.2) is 0 Å². The molecule has 3 nitrogen and oxygen atoms in total. The van der Waals surface area contributed by atoms with Gasteiger partial charge >= 0.3 is 0 Å². The van der Waals surface area contributed by atoms with Crippen molar-refractivity contribution in [3.05, 3.63) is 29.8 Å². The predicted octanol–water partition coefficient (Wildman–Crippen LogP) is 2.08. The van der Waals surface area contributed by atoms with Gasteiger partial charge in [-0.1, -0.05) is 0 Å². The number of fused-ring (bicyclic) bond motifs is 1. The molecule has 16 heavy (non-hydrogen) atoms. The molecular formula is C12H16FN3. The summed E-state index contributed by atoms with van der Waals surface area (Å²) < 4.78 is 15.2. The topological polar surface area (TPSA) is 43.8 Å². The lowest BCUT2D eigenvalue weighted by molar-refractivity contribution is 0.629. The van der Waals surface area contributed by atoms with Gasteiger partial charge in [0.1, 0.15) is 11.6 Å². The van der Waals surface area contributed by atoms with Crippen LogP contribution >= 0.6 is 0 Å². The Kier molecular flexibility index (Phi) is 2.92. The molecule has 2 rings (SSSR count). The van der Waals surface area contributed by atoms with Crippen LogP contribution in [0.5, 0.6) is 0 Å². The Morgan fingerprint density at radius 1 is 1.50 bits per heavy atom. The molecule has 0 bridgehead atoms. The van der Waals surface area contributed by atoms with Crippen molar-refractivity contribution in [1.82, 2.24) is 9.55 Å². The smallest absolute Gasteiger partial charge is 0.125 e. The molecule has 1 aromatic heterocycles. The standard InChI is InChI=1S/C12H16FN3/c1-3-16-11-5-4-9(13)7-10(11)15-12(16)6-8(2)14/h4-5,7-8H,3,6,14H2,1-2H3. The zero-order valence-corrected chi connectivity index (χ0v) is 9.57. The van der Waals surface area contributed by atoms with E-state index in [4.69, 9.17) is 5.73 Å². The largest absolute Gasteiger partial charge is 0.328 e. The van der Waals surface area contributed by atoms with E-state index in [9.17, 15) is 4.39 Å². The summed E-state index contributed by atoms with van der Waals surface area (Å²) in [6.45, 7) is 4.82. The van der Waals surface area contributed by atoms with Gasteiger partial charge in [-0.05, 0) is 26.0 Å². The number of nitrogens with two attached hydrogens (primary N) is 1. The number of rotatable bonds is 3. The van der Waals surface area contributed by atoms with Crippen molar-refractivity contribution in [3.63, 3.8) is 0 Å². The molecule has 0 saturated carbocycles. The SMILES string of the molecule is CCn1c(CC(C)N)nc2cc(F)ccc21. The van der Waals surface area contributed by atoms with Crippen molar-refractivity contribution in [2.24, 2.45) is 5.73 Å². The highest BCUT2D eigenvalue weighted by Gasteiger charge is 2.11. The zero-order valence-electron chi connectivity index (χ0n) is 9.57. The maximum Gasteiger partial charge on any atom is 0.125 e. The molecule has 0 fully saturated rings. The first-order valence-corrected chi connectivity index (χ1v) is 5.52. The molecule has 2 N–H and O–H groups in total. The highest BCUT2D eigenvalue weighted by Crippen LogP contribution is 2.18. The predicted molar refractivity (Wildman–Crippen MR) is 62.7 cm³/mol. The molecule has 1 unspecified atom stereocenters. The summed E-state index contributed by atoms with van der Waals surface area (Å²) in [5, 5.41) is 0. The van der Waals surface area contributed by atoms with E-state index >= 15 is 0 Å². The number of halogens is 1. The first-order valence-electron chi connectivity index (χ1n) is 5.52. The molecule has 0 aliphatic carbocycles. The summed E-state index contributed by atoms with van der Waals surface area (Å²) in [5.41, 5.74) is 7.45. The minimum absolute atomic E-state index is 0.0620. The van der Waals surface area contributed by atoms with Crippen LogP contribution in [0.2, 0.25) is 0 Å². The average Bonchev–Trinajstić information content (AvgIpc) is 2.52. The van der Waals surface area contributed by atoms with E-state index in [1.54, 1.807) is 6.07 Å². The highest BCUT2D eigenvalue weighted by atomic mass is 19.1. The second-order valence-electron chi connectivity index (χ2n) is 4.09. The Morgan fingerprint density at radius 3 is 2.88 bits per heavy atom. The van der Waals surface area contributed by atoms with Crippen LogP contribution in [0.15, 0.2) is 18.2 Å². The number of hydrogen-bond acceptors (Lipinski definition) is 2. The van der Waals surface area contributed by atoms with Crippen LogP contribution < -0.4 is 5.73 Å². The van der Waals surface area contributed by atoms with Gasteiger partial charge in [-0.25, -0.2) is 9.37 Å². The Bertz CT molecular complexity index is 502. The molecule has 4 heteroatoms. The summed E-state index contributed by atoms with van der Waals surface area (Å²) in [6.07, 6.45) is 0.712. The fourth-order valence-electron chi connectivity index (χ4n) is 1.95. The molecule has 1 atom stereocenters. The third-order valence-electron chi connectivity index (χ3n) is 2.61. The number of imidazole rings is 1. The third kappa shape index (κ3) is 1.93. The summed E-state index contributed by atoms with van der Waals surface area (Å²) in [6, 6.07) is 4.76. The molecule has 0 aliphatic rings. The Morgan fingerprint density at radius 2 is 2.25 bits per heavy atom. The van der Waals surface area contributed by atoms with E-state index in [2.05, 4.69) is 16.5 Å². The van der Waals surface area contributed by atoms with Crippen molar-refractivity contribution in [1.29, 1.82) is 0 Å². The normalized spacial score (nSPS) is 13.2. The maximum atomic E-state index is 13.1. The van der Waals surface area contributed by atoms with Crippen LogP contribution in [-0.2, 0) is 13.0 Å². The lowest BCUT2D eigenvalue weighted by Gasteiger charge is -2.07. The molecule has 0 radical (unpaired) electrons. The fraction of sp³-hybridized carbons (Fsp3) is 0.417. The quantitative estimate of drug-likeness (QED) is 0.862. The number of aromatic nitrogens is 2. The van der Waals surface area contributed by atoms with Crippen LogP contribution in [-0.4, -0.2) is 15.6 Å². The van der Waals surface area contributed by atoms with Gasteiger partial charge < -0.3 is 10.3 Å². The van der Waals surface area contributed by atoms with E-state index in [1.165, 1.54) is 12.1 Å². The van der Waals surface area contributed by atoms with Crippen molar-refractivity contribution in [2.75, 3.05) is 0 Å². The second-order valence-corrected chi connectivity index (χ2v) is 4.09. The number of nitrogens with zero attached hydrogens (tertiary/aromatic N) is 2. The monoisotopic (exact) mass is 221 g/mol. The molecule has 0 aliphatic heterocycles. The van der Waals surface area contributed by atoms with E-state index in [1.807, 2.05) is 6.92 Å². The summed E-state index contributed by atoms with van der Waals surface area (Å²) in [5.74, 6) is 0.679. The highest BCUT2D eigenvalue weighted by molar-refractivity contribution is 5.76. The van der Waals surface area contributed by atoms with Gasteiger partial charge in [0.25, 0.3) is 0 Å². The number of aryl methyl sites for hydroxylation is 1. The molecule has 1 heterocycles. The van der Waals surface area contributed by atoms with Crippen LogP contribution in [0.4, 0.5) is 4.39 Å². The van der Waals surface area contributed by atoms with Crippen molar-refractivity contribution < 1.29 is 4.39 Å². The number of benzene rings is 1. The Hall–Kier alpha value is -1.42. The van der Waals surface area contributed by atoms with Gasteiger partial charge in [-0.2, -0.15) is 0 Å². The first kappa shape index (κ1) is 11.1. The average molecular weight is 221 g/mol. The van der Waals surface area contributed by atoms with Crippen molar-refractivity contribution in [3.8, 4) is 0 Å². The molecule has 0 saturated heterocycles. The molecule has 0 spiro atoms. The minimum Gasteiger partial charge on any atom is -0.328 e. The molecule has 0 amide bonds. The molecule has 2 aromatic rings. The van der Waals surface area contributed by atoms with Gasteiger partial charge in [0.05, 0.1) is 11.0 Å². The zero-order chi connectivity index (χ0) is 11.7. The van der Waals surface area contributed by atoms with Crippen LogP contribution in [0.25, 0.3) is 11.0 Å². The molecule has 86 valence electrons. The summed E-state index contributed by atoms with van der Waals surface area (Å²) >= 11 is 0. The molecule has 1 aromatic carbocycles. The van der Waals surface area contributed by atoms with Crippen LogP contribution in [0.3, 0.4) is 0 Å². The Labute approximate surface area is 94.1 Å². The van der Waals surface area contributed by atoms with E-state index in [0.29, 0.717) is 11.9 Å². The van der Waals surface area contributed by atoms with Crippen LogP contribution in [0.1, 0.15) is 19.7 Å². The first-order chi connectivity index (χ1) is 7.61. The van der Waals surface area contributed by atoms with E-state index in [-0.39, 0.29) is 11.9 Å².